The van der Waals surface area contributed by atoms with Gasteiger partial charge >= 0.3 is 12.3 Å². The lowest BCUT2D eigenvalue weighted by Crippen LogP contribution is -2.61. The Labute approximate surface area is 100 Å². The summed E-state index contributed by atoms with van der Waals surface area (Å²) in [5.74, 6) is -5.63. The summed E-state index contributed by atoms with van der Waals surface area (Å²) < 4.78 is 49.9. The molecule has 18 heavy (non-hydrogen) atoms. The Kier molecular flexibility index (Phi) is 3.20. The number of carbonyl (C=O) groups excluding carboxylic acids is 2. The maximum Gasteiger partial charge on any atom is 0.324 e. The number of halogens is 4. The summed E-state index contributed by atoms with van der Waals surface area (Å²) in [4.78, 5) is 23.6. The van der Waals surface area contributed by atoms with Gasteiger partial charge in [-0.15, -0.1) is 0 Å². The van der Waals surface area contributed by atoms with Crippen molar-refractivity contribution in [1.29, 1.82) is 0 Å². The topological polar surface area (TPSA) is 49.4 Å². The Morgan fingerprint density at radius 2 is 1.94 bits per heavy atom. The normalized spacial score (nSPS) is 25.6. The molecule has 8 heteroatoms. The second-order valence-corrected chi connectivity index (χ2v) is 4.64. The van der Waals surface area contributed by atoms with E-state index in [4.69, 9.17) is 0 Å². The van der Waals surface area contributed by atoms with Crippen molar-refractivity contribution in [3.63, 3.8) is 0 Å². The Balaban J connectivity index is 2.06. The third-order valence-corrected chi connectivity index (χ3v) is 3.04. The number of piperazine rings is 1. The van der Waals surface area contributed by atoms with E-state index in [1.54, 1.807) is 0 Å². The van der Waals surface area contributed by atoms with Crippen molar-refractivity contribution in [2.75, 3.05) is 13.1 Å². The van der Waals surface area contributed by atoms with Crippen LogP contribution in [0.3, 0.4) is 0 Å². The fraction of sp³-hybridized carbons (Fsp3) is 0.800. The minimum absolute atomic E-state index is 0.0515. The largest absolute Gasteiger partial charge is 0.342 e. The summed E-state index contributed by atoms with van der Waals surface area (Å²) in [6, 6.07) is -0.834. The van der Waals surface area contributed by atoms with Crippen LogP contribution < -0.4 is 5.32 Å². The van der Waals surface area contributed by atoms with E-state index in [2.05, 4.69) is 5.32 Å². The van der Waals surface area contributed by atoms with E-state index < -0.39 is 43.3 Å². The number of hydrogen-bond acceptors (Lipinski definition) is 2. The van der Waals surface area contributed by atoms with Crippen LogP contribution in [0.2, 0.25) is 0 Å². The molecule has 1 aliphatic carbocycles. The van der Waals surface area contributed by atoms with Crippen molar-refractivity contribution in [3.05, 3.63) is 0 Å². The Morgan fingerprint density at radius 1 is 1.33 bits per heavy atom. The van der Waals surface area contributed by atoms with Gasteiger partial charge in [-0.1, -0.05) is 0 Å². The van der Waals surface area contributed by atoms with Crippen molar-refractivity contribution in [3.8, 4) is 0 Å². The van der Waals surface area contributed by atoms with Gasteiger partial charge in [0.15, 0.2) is 0 Å². The van der Waals surface area contributed by atoms with Gasteiger partial charge in [-0.2, -0.15) is 8.78 Å². The zero-order valence-electron chi connectivity index (χ0n) is 9.34. The average Bonchev–Trinajstić information content (AvgIpc) is 3.06. The van der Waals surface area contributed by atoms with Gasteiger partial charge in [0.2, 0.25) is 11.8 Å². The van der Waals surface area contributed by atoms with Crippen LogP contribution in [-0.2, 0) is 9.59 Å². The van der Waals surface area contributed by atoms with Gasteiger partial charge in [-0.25, -0.2) is 8.78 Å². The Hall–Kier alpha value is -1.34. The summed E-state index contributed by atoms with van der Waals surface area (Å²) in [6.07, 6.45) is -2.39. The fourth-order valence-corrected chi connectivity index (χ4v) is 1.94. The van der Waals surface area contributed by atoms with Gasteiger partial charge in [0.25, 0.3) is 0 Å². The number of nitrogens with one attached hydrogen (secondary N) is 1. The van der Waals surface area contributed by atoms with E-state index in [1.165, 1.54) is 0 Å². The molecule has 2 fully saturated rings. The first-order valence-electron chi connectivity index (χ1n) is 5.55. The molecule has 4 nitrogen and oxygen atoms in total. The average molecular weight is 268 g/mol. The molecule has 1 saturated carbocycles. The molecule has 0 bridgehead atoms. The molecular formula is C10H12F4N2O2. The molecule has 0 radical (unpaired) electrons. The zero-order valence-corrected chi connectivity index (χ0v) is 9.34. The molecule has 1 saturated heterocycles. The summed E-state index contributed by atoms with van der Waals surface area (Å²) in [5, 5.41) is 2.41. The first-order chi connectivity index (χ1) is 8.31. The highest BCUT2D eigenvalue weighted by Gasteiger charge is 2.48. The van der Waals surface area contributed by atoms with E-state index in [1.807, 2.05) is 0 Å². The maximum absolute atomic E-state index is 12.9. The molecule has 0 aromatic rings. The van der Waals surface area contributed by atoms with Crippen LogP contribution in [0.25, 0.3) is 0 Å². The lowest BCUT2D eigenvalue weighted by molar-refractivity contribution is -0.164. The second kappa shape index (κ2) is 4.40. The van der Waals surface area contributed by atoms with E-state index >= 15 is 0 Å². The zero-order chi connectivity index (χ0) is 13.5. The monoisotopic (exact) mass is 268 g/mol. The highest BCUT2D eigenvalue weighted by Crippen LogP contribution is 2.35. The summed E-state index contributed by atoms with van der Waals surface area (Å²) >= 11 is 0. The number of amides is 2. The van der Waals surface area contributed by atoms with Crippen molar-refractivity contribution < 1.29 is 27.2 Å². The molecule has 1 atom stereocenters. The standard InChI is InChI=1S/C10H12F4N2O2/c11-9(12)10(13,14)4-16-3-6(17)15-7(8(16)18)5-1-2-5/h5,7,9H,1-4H2,(H,15,17). The number of nitrogens with zero attached hydrogens (tertiary/aromatic N) is 1. The van der Waals surface area contributed by atoms with Crippen LogP contribution in [0.1, 0.15) is 12.8 Å². The smallest absolute Gasteiger partial charge is 0.324 e. The van der Waals surface area contributed by atoms with E-state index in [-0.39, 0.29) is 5.92 Å². The highest BCUT2D eigenvalue weighted by atomic mass is 19.3. The van der Waals surface area contributed by atoms with E-state index in [0.29, 0.717) is 4.90 Å². The third kappa shape index (κ3) is 2.56. The van der Waals surface area contributed by atoms with E-state index in [9.17, 15) is 27.2 Å². The van der Waals surface area contributed by atoms with Crippen molar-refractivity contribution in [2.24, 2.45) is 5.92 Å². The minimum atomic E-state index is -4.29. The lowest BCUT2D eigenvalue weighted by atomic mass is 10.1. The maximum atomic E-state index is 12.9. The molecule has 1 N–H and O–H groups in total. The summed E-state index contributed by atoms with van der Waals surface area (Å²) in [6.45, 7) is -2.01. The van der Waals surface area contributed by atoms with Gasteiger partial charge in [-0.05, 0) is 18.8 Å². The van der Waals surface area contributed by atoms with Gasteiger partial charge in [0, 0.05) is 0 Å². The molecule has 0 aromatic heterocycles. The van der Waals surface area contributed by atoms with Crippen LogP contribution in [0.15, 0.2) is 0 Å². The first kappa shape index (κ1) is 13.1. The molecule has 102 valence electrons. The van der Waals surface area contributed by atoms with Crippen LogP contribution in [0.4, 0.5) is 17.6 Å². The van der Waals surface area contributed by atoms with Crippen molar-refractivity contribution >= 4 is 11.8 Å². The SMILES string of the molecule is O=C1CN(CC(F)(F)C(F)F)C(=O)C(C2CC2)N1. The third-order valence-electron chi connectivity index (χ3n) is 3.04. The summed E-state index contributed by atoms with van der Waals surface area (Å²) in [5.41, 5.74) is 0. The van der Waals surface area contributed by atoms with Crippen LogP contribution >= 0.6 is 0 Å². The number of alkyl halides is 4. The Bertz CT molecular complexity index is 371. The number of hydrogen-bond donors (Lipinski definition) is 1. The molecule has 2 amide bonds. The molecule has 0 aromatic carbocycles. The van der Waals surface area contributed by atoms with E-state index in [0.717, 1.165) is 12.8 Å². The predicted octanol–water partition coefficient (Wildman–Crippen LogP) is 0.624. The Morgan fingerprint density at radius 3 is 2.44 bits per heavy atom. The minimum Gasteiger partial charge on any atom is -0.342 e. The van der Waals surface area contributed by atoms with Crippen molar-refractivity contribution in [2.45, 2.75) is 31.2 Å². The molecule has 2 rings (SSSR count). The highest BCUT2D eigenvalue weighted by molar-refractivity contribution is 5.95. The predicted molar refractivity (Wildman–Crippen MR) is 52.2 cm³/mol. The van der Waals surface area contributed by atoms with Crippen LogP contribution in [0.5, 0.6) is 0 Å². The molecule has 1 aliphatic heterocycles. The fourth-order valence-electron chi connectivity index (χ4n) is 1.94. The quantitative estimate of drug-likeness (QED) is 0.760. The van der Waals surface area contributed by atoms with Crippen LogP contribution in [0, 0.1) is 5.92 Å². The molecular weight excluding hydrogens is 256 g/mol. The van der Waals surface area contributed by atoms with Crippen LogP contribution in [-0.4, -0.2) is 48.2 Å². The lowest BCUT2D eigenvalue weighted by Gasteiger charge is -2.34. The molecule has 1 heterocycles. The second-order valence-electron chi connectivity index (χ2n) is 4.64. The van der Waals surface area contributed by atoms with Crippen molar-refractivity contribution in [1.82, 2.24) is 10.2 Å². The number of rotatable bonds is 4. The summed E-state index contributed by atoms with van der Waals surface area (Å²) in [7, 11) is 0. The first-order valence-corrected chi connectivity index (χ1v) is 5.55. The molecule has 1 unspecified atom stereocenters. The van der Waals surface area contributed by atoms with Gasteiger partial charge in [0.1, 0.15) is 6.04 Å². The number of carbonyl (C=O) groups is 2. The van der Waals surface area contributed by atoms with Gasteiger partial charge in [0.05, 0.1) is 13.1 Å². The molecule has 2 aliphatic rings. The van der Waals surface area contributed by atoms with Gasteiger partial charge < -0.3 is 10.2 Å². The molecule has 0 spiro atoms. The van der Waals surface area contributed by atoms with Gasteiger partial charge in [-0.3, -0.25) is 9.59 Å².